The van der Waals surface area contributed by atoms with Crippen molar-refractivity contribution in [1.82, 2.24) is 24.2 Å². The molecule has 0 atom stereocenters. The van der Waals surface area contributed by atoms with Crippen molar-refractivity contribution >= 4 is 17.1 Å². The number of carbonyl (C=O) groups excluding carboxylic acids is 1. The fourth-order valence-corrected chi connectivity index (χ4v) is 3.95. The molecular formula is C23H31N5O2. The molecule has 1 aliphatic heterocycles. The second-order valence-corrected chi connectivity index (χ2v) is 8.99. The second-order valence-electron chi connectivity index (χ2n) is 8.99. The molecule has 1 saturated heterocycles. The van der Waals surface area contributed by atoms with Gasteiger partial charge in [-0.1, -0.05) is 6.92 Å². The molecule has 1 aliphatic rings. The molecule has 0 amide bonds. The zero-order chi connectivity index (χ0) is 21.3. The number of hydrogen-bond donors (Lipinski definition) is 0. The summed E-state index contributed by atoms with van der Waals surface area (Å²) in [5, 5.41) is 5.51. The Bertz CT molecular complexity index is 1040. The molecule has 1 fully saturated rings. The summed E-state index contributed by atoms with van der Waals surface area (Å²) < 4.78 is 9.06. The third kappa shape index (κ3) is 4.41. The quantitative estimate of drug-likeness (QED) is 0.627. The average molecular weight is 410 g/mol. The van der Waals surface area contributed by atoms with Crippen molar-refractivity contribution in [2.24, 2.45) is 0 Å². The fourth-order valence-electron chi connectivity index (χ4n) is 3.95. The summed E-state index contributed by atoms with van der Waals surface area (Å²) in [6.07, 6.45) is 10.6. The highest BCUT2D eigenvalue weighted by Crippen LogP contribution is 2.27. The van der Waals surface area contributed by atoms with Crippen LogP contribution in [0.2, 0.25) is 0 Å². The summed E-state index contributed by atoms with van der Waals surface area (Å²) in [6.45, 7) is 12.0. The Morgan fingerprint density at radius 1 is 1.10 bits per heavy atom. The molecule has 0 unspecified atom stereocenters. The summed E-state index contributed by atoms with van der Waals surface area (Å²) in [5.74, 6) is 0. The van der Waals surface area contributed by atoms with Crippen LogP contribution in [0, 0.1) is 0 Å². The molecular weight excluding hydrogens is 378 g/mol. The second kappa shape index (κ2) is 8.22. The molecule has 0 bridgehead atoms. The Balaban J connectivity index is 1.58. The highest BCUT2D eigenvalue weighted by molar-refractivity contribution is 5.91. The van der Waals surface area contributed by atoms with Crippen LogP contribution in [-0.2, 0) is 17.7 Å². The van der Waals surface area contributed by atoms with E-state index in [-0.39, 0.29) is 0 Å². The van der Waals surface area contributed by atoms with Gasteiger partial charge >= 0.3 is 6.09 Å². The lowest BCUT2D eigenvalue weighted by Gasteiger charge is -2.19. The largest absolute Gasteiger partial charge is 0.443 e. The van der Waals surface area contributed by atoms with Gasteiger partial charge in [0.2, 0.25) is 0 Å². The smallest absolute Gasteiger partial charge is 0.420 e. The molecule has 4 heterocycles. The molecule has 3 aromatic heterocycles. The predicted octanol–water partition coefficient (Wildman–Crippen LogP) is 4.34. The highest BCUT2D eigenvalue weighted by atomic mass is 16.6. The monoisotopic (exact) mass is 409 g/mol. The Labute approximate surface area is 177 Å². The number of rotatable bonds is 5. The van der Waals surface area contributed by atoms with Crippen molar-refractivity contribution in [2.75, 3.05) is 19.6 Å². The number of carbonyl (C=O) groups is 1. The van der Waals surface area contributed by atoms with E-state index in [4.69, 9.17) is 4.74 Å². The first-order valence-corrected chi connectivity index (χ1v) is 10.8. The van der Waals surface area contributed by atoms with Crippen LogP contribution in [0.4, 0.5) is 4.79 Å². The van der Waals surface area contributed by atoms with E-state index in [0.717, 1.165) is 41.6 Å². The number of nitrogens with zero attached hydrogens (tertiary/aromatic N) is 5. The van der Waals surface area contributed by atoms with E-state index in [1.165, 1.54) is 30.5 Å². The number of pyridine rings is 1. The van der Waals surface area contributed by atoms with E-state index in [2.05, 4.69) is 34.2 Å². The number of aromatic nitrogens is 4. The molecule has 0 aromatic carbocycles. The number of ether oxygens (including phenoxy) is 1. The minimum absolute atomic E-state index is 0.401. The topological polar surface area (TPSA) is 65.2 Å². The van der Waals surface area contributed by atoms with Gasteiger partial charge in [0.05, 0.1) is 12.7 Å². The molecule has 0 saturated carbocycles. The van der Waals surface area contributed by atoms with Gasteiger partial charge < -0.3 is 9.64 Å². The summed E-state index contributed by atoms with van der Waals surface area (Å²) in [7, 11) is 0. The van der Waals surface area contributed by atoms with Crippen molar-refractivity contribution in [3.8, 4) is 11.1 Å². The highest BCUT2D eigenvalue weighted by Gasteiger charge is 2.21. The standard InChI is InChI=1S/C23H31N5O2/c1-5-17-16-28(22(29)30-23(2,3)4)21-20(17)12-18(13-24-21)19-14-25-27(15-19)11-10-26-8-6-7-9-26/h12-16H,5-11H2,1-4H3. The van der Waals surface area contributed by atoms with Gasteiger partial charge in [-0.3, -0.25) is 4.68 Å². The molecule has 0 spiro atoms. The van der Waals surface area contributed by atoms with Crippen molar-refractivity contribution in [2.45, 2.75) is 59.1 Å². The molecule has 0 N–H and O–H groups in total. The molecule has 3 aromatic rings. The normalized spacial score (nSPS) is 15.2. The first kappa shape index (κ1) is 20.6. The minimum Gasteiger partial charge on any atom is -0.443 e. The third-order valence-corrected chi connectivity index (χ3v) is 5.51. The minimum atomic E-state index is -0.552. The zero-order valence-corrected chi connectivity index (χ0v) is 18.4. The number of aryl methyl sites for hydroxylation is 1. The lowest BCUT2D eigenvalue weighted by molar-refractivity contribution is 0.0543. The SMILES string of the molecule is CCc1cn(C(=O)OC(C)(C)C)c2ncc(-c3cnn(CCN4CCCC4)c3)cc12. The van der Waals surface area contributed by atoms with Gasteiger partial charge in [-0.25, -0.2) is 14.3 Å². The van der Waals surface area contributed by atoms with Gasteiger partial charge in [-0.2, -0.15) is 5.10 Å². The first-order chi connectivity index (χ1) is 14.3. The third-order valence-electron chi connectivity index (χ3n) is 5.51. The van der Waals surface area contributed by atoms with E-state index < -0.39 is 11.7 Å². The predicted molar refractivity (Wildman–Crippen MR) is 118 cm³/mol. The first-order valence-electron chi connectivity index (χ1n) is 10.8. The number of fused-ring (bicyclic) bond motifs is 1. The van der Waals surface area contributed by atoms with E-state index >= 15 is 0 Å². The van der Waals surface area contributed by atoms with Crippen LogP contribution in [0.15, 0.2) is 30.9 Å². The van der Waals surface area contributed by atoms with Gasteiger partial charge in [0.25, 0.3) is 0 Å². The summed E-state index contributed by atoms with van der Waals surface area (Å²) in [4.78, 5) is 19.7. The molecule has 7 heteroatoms. The van der Waals surface area contributed by atoms with E-state index in [1.54, 1.807) is 0 Å². The van der Waals surface area contributed by atoms with Gasteiger partial charge in [-0.05, 0) is 64.8 Å². The van der Waals surface area contributed by atoms with E-state index in [1.807, 2.05) is 44.0 Å². The van der Waals surface area contributed by atoms with E-state index in [9.17, 15) is 4.79 Å². The molecule has 0 aliphatic carbocycles. The van der Waals surface area contributed by atoms with Crippen molar-refractivity contribution in [3.63, 3.8) is 0 Å². The lowest BCUT2D eigenvalue weighted by atomic mass is 10.1. The van der Waals surface area contributed by atoms with E-state index in [0.29, 0.717) is 5.65 Å². The van der Waals surface area contributed by atoms with Crippen LogP contribution < -0.4 is 0 Å². The maximum Gasteiger partial charge on any atom is 0.420 e. The summed E-state index contributed by atoms with van der Waals surface area (Å²) in [6, 6.07) is 2.10. The Hall–Kier alpha value is -2.67. The van der Waals surface area contributed by atoms with Crippen LogP contribution >= 0.6 is 0 Å². The Kier molecular flexibility index (Phi) is 5.64. The van der Waals surface area contributed by atoms with Crippen molar-refractivity contribution in [3.05, 3.63) is 36.4 Å². The zero-order valence-electron chi connectivity index (χ0n) is 18.4. The molecule has 30 heavy (non-hydrogen) atoms. The van der Waals surface area contributed by atoms with Gasteiger partial charge in [-0.15, -0.1) is 0 Å². The van der Waals surface area contributed by atoms with Gasteiger partial charge in [0.15, 0.2) is 0 Å². The molecule has 160 valence electrons. The maximum atomic E-state index is 12.6. The number of hydrogen-bond acceptors (Lipinski definition) is 5. The maximum absolute atomic E-state index is 12.6. The van der Waals surface area contributed by atoms with Crippen LogP contribution in [0.1, 0.15) is 46.1 Å². The van der Waals surface area contributed by atoms with Crippen molar-refractivity contribution < 1.29 is 9.53 Å². The molecule has 7 nitrogen and oxygen atoms in total. The van der Waals surface area contributed by atoms with Crippen LogP contribution in [0.5, 0.6) is 0 Å². The summed E-state index contributed by atoms with van der Waals surface area (Å²) in [5.41, 5.74) is 3.20. The fraction of sp³-hybridized carbons (Fsp3) is 0.522. The average Bonchev–Trinajstić information content (AvgIpc) is 3.43. The van der Waals surface area contributed by atoms with Crippen LogP contribution in [0.3, 0.4) is 0 Å². The van der Waals surface area contributed by atoms with Crippen molar-refractivity contribution in [1.29, 1.82) is 0 Å². The van der Waals surface area contributed by atoms with Crippen LogP contribution in [-0.4, -0.2) is 55.6 Å². The molecule has 4 rings (SSSR count). The summed E-state index contributed by atoms with van der Waals surface area (Å²) >= 11 is 0. The Morgan fingerprint density at radius 2 is 1.87 bits per heavy atom. The number of likely N-dealkylation sites (tertiary alicyclic amines) is 1. The Morgan fingerprint density at radius 3 is 2.57 bits per heavy atom. The van der Waals surface area contributed by atoms with Crippen LogP contribution in [0.25, 0.3) is 22.2 Å². The molecule has 0 radical (unpaired) electrons. The van der Waals surface area contributed by atoms with Gasteiger partial charge in [0.1, 0.15) is 11.2 Å². The lowest BCUT2D eigenvalue weighted by Crippen LogP contribution is -2.26. The van der Waals surface area contributed by atoms with Gasteiger partial charge in [0, 0.05) is 41.6 Å².